The molecule has 0 fully saturated rings. The van der Waals surface area contributed by atoms with Crippen LogP contribution in [0.15, 0.2) is 30.5 Å². The van der Waals surface area contributed by atoms with Crippen LogP contribution in [-0.4, -0.2) is 34.6 Å². The minimum atomic E-state index is -0.872. The Kier molecular flexibility index (Phi) is 5.39. The van der Waals surface area contributed by atoms with Crippen LogP contribution in [0.25, 0.3) is 10.9 Å². The summed E-state index contributed by atoms with van der Waals surface area (Å²) in [5, 5.41) is 16.3. The number of aromatic nitrogens is 1. The Hall–Kier alpha value is -2.34. The number of rotatable bonds is 5. The molecule has 1 heterocycles. The molecule has 0 aliphatic heterocycles. The molecule has 0 spiro atoms. The molecule has 0 saturated carbocycles. The Morgan fingerprint density at radius 2 is 1.74 bits per heavy atom. The third-order valence-corrected chi connectivity index (χ3v) is 3.62. The van der Waals surface area contributed by atoms with E-state index in [-0.39, 0.29) is 12.5 Å². The van der Waals surface area contributed by atoms with E-state index in [9.17, 15) is 14.7 Å². The molecule has 0 aliphatic rings. The monoisotopic (exact) mass is 317 g/mol. The van der Waals surface area contributed by atoms with Crippen LogP contribution in [0.2, 0.25) is 0 Å². The normalized spacial score (nSPS) is 12.4. The fourth-order valence-corrected chi connectivity index (χ4v) is 2.40. The van der Waals surface area contributed by atoms with Gasteiger partial charge in [0, 0.05) is 42.8 Å². The number of amides is 2. The predicted octanol–water partition coefficient (Wildman–Crippen LogP) is 1.10. The van der Waals surface area contributed by atoms with Gasteiger partial charge in [0.15, 0.2) is 0 Å². The lowest BCUT2D eigenvalue weighted by molar-refractivity contribution is -0.139. The van der Waals surface area contributed by atoms with Gasteiger partial charge < -0.3 is 20.3 Å². The van der Waals surface area contributed by atoms with Gasteiger partial charge in [-0.25, -0.2) is 0 Å². The van der Waals surface area contributed by atoms with Crippen molar-refractivity contribution < 1.29 is 14.7 Å². The summed E-state index contributed by atoms with van der Waals surface area (Å²) in [6, 6.07) is 7.71. The number of aryl methyl sites for hydroxylation is 1. The Labute approximate surface area is 135 Å². The largest absolute Gasteiger partial charge is 0.386 e. The minimum Gasteiger partial charge on any atom is -0.386 e. The lowest BCUT2D eigenvalue weighted by Gasteiger charge is -2.12. The number of carbonyl (C=O) groups is 2. The topological polar surface area (TPSA) is 83.4 Å². The first-order chi connectivity index (χ1) is 10.9. The van der Waals surface area contributed by atoms with Crippen LogP contribution >= 0.6 is 0 Å². The zero-order valence-electron chi connectivity index (χ0n) is 13.7. The second kappa shape index (κ2) is 7.28. The molecule has 0 aliphatic carbocycles. The van der Waals surface area contributed by atoms with Crippen molar-refractivity contribution in [3.05, 3.63) is 36.0 Å². The molecule has 0 saturated heterocycles. The van der Waals surface area contributed by atoms with Gasteiger partial charge in [0.25, 0.3) is 0 Å². The maximum atomic E-state index is 11.7. The second-order valence-electron chi connectivity index (χ2n) is 6.04. The van der Waals surface area contributed by atoms with Gasteiger partial charge in [0.05, 0.1) is 6.10 Å². The fraction of sp³-hybridized carbons (Fsp3) is 0.412. The summed E-state index contributed by atoms with van der Waals surface area (Å²) in [5.41, 5.74) is 1.73. The van der Waals surface area contributed by atoms with Gasteiger partial charge in [0.1, 0.15) is 0 Å². The average molecular weight is 317 g/mol. The van der Waals surface area contributed by atoms with Crippen LogP contribution in [0.3, 0.4) is 0 Å². The summed E-state index contributed by atoms with van der Waals surface area (Å²) in [4.78, 5) is 23.3. The zero-order chi connectivity index (χ0) is 17.0. The lowest BCUT2D eigenvalue weighted by atomic mass is 10.1. The smallest absolute Gasteiger partial charge is 0.309 e. The van der Waals surface area contributed by atoms with Crippen molar-refractivity contribution in [1.82, 2.24) is 15.2 Å². The molecule has 23 heavy (non-hydrogen) atoms. The van der Waals surface area contributed by atoms with Crippen molar-refractivity contribution in [3.8, 4) is 0 Å². The van der Waals surface area contributed by atoms with E-state index in [0.29, 0.717) is 6.54 Å². The minimum absolute atomic E-state index is 0.0120. The number of aliphatic hydroxyl groups is 1. The Balaban J connectivity index is 1.97. The fourth-order valence-electron chi connectivity index (χ4n) is 2.40. The van der Waals surface area contributed by atoms with Crippen molar-refractivity contribution >= 4 is 22.7 Å². The van der Waals surface area contributed by atoms with Crippen LogP contribution in [-0.2, 0) is 16.6 Å². The quantitative estimate of drug-likeness (QED) is 0.722. The summed E-state index contributed by atoms with van der Waals surface area (Å²) in [6.45, 7) is 4.32. The Bertz CT molecular complexity index is 706. The standard InChI is InChI=1S/C17H23N3O3/c1-11(2)8-18-16(22)17(23)19-9-15(21)13-10-20(3)14-7-5-4-6-12(13)14/h4-7,10-11,15,21H,8-9H2,1-3H3,(H,18,22)(H,19,23). The van der Waals surface area contributed by atoms with Gasteiger partial charge in [-0.15, -0.1) is 0 Å². The summed E-state index contributed by atoms with van der Waals surface area (Å²) >= 11 is 0. The van der Waals surface area contributed by atoms with Crippen LogP contribution < -0.4 is 10.6 Å². The number of hydrogen-bond acceptors (Lipinski definition) is 3. The van der Waals surface area contributed by atoms with Crippen LogP contribution in [0.4, 0.5) is 0 Å². The first-order valence-electron chi connectivity index (χ1n) is 7.68. The van der Waals surface area contributed by atoms with Crippen molar-refractivity contribution in [2.45, 2.75) is 20.0 Å². The van der Waals surface area contributed by atoms with Crippen LogP contribution in [0.1, 0.15) is 25.5 Å². The van der Waals surface area contributed by atoms with Crippen LogP contribution in [0.5, 0.6) is 0 Å². The highest BCUT2D eigenvalue weighted by Gasteiger charge is 2.18. The van der Waals surface area contributed by atoms with Gasteiger partial charge >= 0.3 is 11.8 Å². The first-order valence-corrected chi connectivity index (χ1v) is 7.68. The molecule has 2 rings (SSSR count). The maximum absolute atomic E-state index is 11.7. The summed E-state index contributed by atoms with van der Waals surface area (Å²) in [5.74, 6) is -1.14. The molecule has 0 radical (unpaired) electrons. The van der Waals surface area contributed by atoms with Gasteiger partial charge in [0.2, 0.25) is 0 Å². The molecule has 1 unspecified atom stereocenters. The highest BCUT2D eigenvalue weighted by Crippen LogP contribution is 2.25. The zero-order valence-corrected chi connectivity index (χ0v) is 13.7. The van der Waals surface area contributed by atoms with Crippen molar-refractivity contribution in [2.75, 3.05) is 13.1 Å². The van der Waals surface area contributed by atoms with Crippen molar-refractivity contribution in [3.63, 3.8) is 0 Å². The summed E-state index contributed by atoms with van der Waals surface area (Å²) < 4.78 is 1.92. The van der Waals surface area contributed by atoms with E-state index in [1.165, 1.54) is 0 Å². The van der Waals surface area contributed by atoms with E-state index in [1.54, 1.807) is 0 Å². The van der Waals surface area contributed by atoms with E-state index >= 15 is 0 Å². The average Bonchev–Trinajstić information content (AvgIpc) is 2.87. The summed E-state index contributed by atoms with van der Waals surface area (Å²) in [7, 11) is 1.90. The van der Waals surface area contributed by atoms with E-state index in [2.05, 4.69) is 10.6 Å². The second-order valence-corrected chi connectivity index (χ2v) is 6.04. The number of para-hydroxylation sites is 1. The molecule has 0 bridgehead atoms. The van der Waals surface area contributed by atoms with Gasteiger partial charge in [-0.1, -0.05) is 32.0 Å². The molecular weight excluding hydrogens is 294 g/mol. The number of aliphatic hydroxyl groups excluding tert-OH is 1. The Morgan fingerprint density at radius 1 is 1.13 bits per heavy atom. The molecule has 6 nitrogen and oxygen atoms in total. The molecule has 3 N–H and O–H groups in total. The summed E-state index contributed by atoms with van der Waals surface area (Å²) in [6.07, 6.45) is 0.961. The molecule has 2 aromatic rings. The third kappa shape index (κ3) is 4.10. The SMILES string of the molecule is CC(C)CNC(=O)C(=O)NCC(O)c1cn(C)c2ccccc12. The third-order valence-electron chi connectivity index (χ3n) is 3.62. The van der Waals surface area contributed by atoms with Crippen molar-refractivity contribution in [1.29, 1.82) is 0 Å². The number of carbonyl (C=O) groups excluding carboxylic acids is 2. The van der Waals surface area contributed by atoms with E-state index in [4.69, 9.17) is 0 Å². The predicted molar refractivity (Wildman–Crippen MR) is 88.7 cm³/mol. The van der Waals surface area contributed by atoms with Gasteiger partial charge in [-0.3, -0.25) is 9.59 Å². The number of benzene rings is 1. The maximum Gasteiger partial charge on any atom is 0.309 e. The number of hydrogen-bond donors (Lipinski definition) is 3. The lowest BCUT2D eigenvalue weighted by Crippen LogP contribution is -2.42. The first kappa shape index (κ1) is 17.0. The molecule has 1 atom stereocenters. The van der Waals surface area contributed by atoms with Gasteiger partial charge in [-0.2, -0.15) is 0 Å². The van der Waals surface area contributed by atoms with E-state index < -0.39 is 17.9 Å². The molecule has 1 aromatic heterocycles. The van der Waals surface area contributed by atoms with E-state index in [1.807, 2.05) is 55.9 Å². The molecule has 6 heteroatoms. The highest BCUT2D eigenvalue weighted by molar-refractivity contribution is 6.35. The number of nitrogens with one attached hydrogen (secondary N) is 2. The van der Waals surface area contributed by atoms with Crippen molar-refractivity contribution in [2.24, 2.45) is 13.0 Å². The Morgan fingerprint density at radius 3 is 2.39 bits per heavy atom. The van der Waals surface area contributed by atoms with E-state index in [0.717, 1.165) is 16.5 Å². The van der Waals surface area contributed by atoms with Gasteiger partial charge in [-0.05, 0) is 12.0 Å². The molecule has 2 amide bonds. The highest BCUT2D eigenvalue weighted by atomic mass is 16.3. The number of nitrogens with zero attached hydrogens (tertiary/aromatic N) is 1. The molecular formula is C17H23N3O3. The molecule has 1 aromatic carbocycles. The molecule has 124 valence electrons. The number of fused-ring (bicyclic) bond motifs is 1. The van der Waals surface area contributed by atoms with Crippen LogP contribution in [0, 0.1) is 5.92 Å².